The number of hydrogen-bond acceptors (Lipinski definition) is 3. The lowest BCUT2D eigenvalue weighted by molar-refractivity contribution is 0.667. The second kappa shape index (κ2) is 5.89. The molecule has 86 valence electrons. The standard InChI is InChI=1S/C12H17N3S/c1-2-11-9-16-12(15-11)14-8-5-10-3-6-13-7-4-10/h3-4,6-7,11H,2,5,8-9H2,1H3,(H,14,15). The highest BCUT2D eigenvalue weighted by atomic mass is 32.2. The summed E-state index contributed by atoms with van der Waals surface area (Å²) in [5.74, 6) is 1.16. The largest absolute Gasteiger partial charge is 0.361 e. The van der Waals surface area contributed by atoms with Crippen LogP contribution < -0.4 is 5.32 Å². The molecule has 0 bridgehead atoms. The molecule has 0 saturated carbocycles. The fourth-order valence-electron chi connectivity index (χ4n) is 1.58. The predicted octanol–water partition coefficient (Wildman–Crippen LogP) is 2.10. The number of aliphatic imine (C=N–C) groups is 1. The molecule has 1 fully saturated rings. The van der Waals surface area contributed by atoms with Crippen LogP contribution in [0.3, 0.4) is 0 Å². The Morgan fingerprint density at radius 2 is 2.31 bits per heavy atom. The van der Waals surface area contributed by atoms with Gasteiger partial charge in [-0.3, -0.25) is 9.98 Å². The van der Waals surface area contributed by atoms with Gasteiger partial charge < -0.3 is 5.32 Å². The number of nitrogens with one attached hydrogen (secondary N) is 1. The van der Waals surface area contributed by atoms with Crippen molar-refractivity contribution in [3.8, 4) is 0 Å². The number of amidine groups is 1. The number of thioether (sulfide) groups is 1. The molecule has 0 amide bonds. The lowest BCUT2D eigenvalue weighted by atomic mass is 10.2. The Balaban J connectivity index is 1.78. The summed E-state index contributed by atoms with van der Waals surface area (Å²) in [6, 6.07) is 4.71. The molecular formula is C12H17N3S. The van der Waals surface area contributed by atoms with Gasteiger partial charge in [0, 0.05) is 30.7 Å². The Labute approximate surface area is 101 Å². The Bertz CT molecular complexity index is 351. The van der Waals surface area contributed by atoms with E-state index in [1.54, 1.807) is 0 Å². The predicted molar refractivity (Wildman–Crippen MR) is 69.9 cm³/mol. The van der Waals surface area contributed by atoms with Crippen molar-refractivity contribution < 1.29 is 0 Å². The molecule has 0 radical (unpaired) electrons. The van der Waals surface area contributed by atoms with Gasteiger partial charge in [-0.25, -0.2) is 0 Å². The summed E-state index contributed by atoms with van der Waals surface area (Å²) >= 11 is 1.84. The van der Waals surface area contributed by atoms with Gasteiger partial charge in [-0.2, -0.15) is 0 Å². The van der Waals surface area contributed by atoms with Crippen molar-refractivity contribution >= 4 is 16.9 Å². The van der Waals surface area contributed by atoms with Gasteiger partial charge in [0.05, 0.1) is 0 Å². The molecule has 3 nitrogen and oxygen atoms in total. The van der Waals surface area contributed by atoms with E-state index >= 15 is 0 Å². The highest BCUT2D eigenvalue weighted by molar-refractivity contribution is 8.14. The van der Waals surface area contributed by atoms with Crippen LogP contribution in [0.5, 0.6) is 0 Å². The topological polar surface area (TPSA) is 37.3 Å². The highest BCUT2D eigenvalue weighted by Crippen LogP contribution is 2.15. The maximum absolute atomic E-state index is 4.56. The van der Waals surface area contributed by atoms with Crippen molar-refractivity contribution in [1.82, 2.24) is 10.3 Å². The van der Waals surface area contributed by atoms with E-state index in [-0.39, 0.29) is 0 Å². The molecule has 4 heteroatoms. The Hall–Kier alpha value is -1.03. The number of nitrogens with zero attached hydrogens (tertiary/aromatic N) is 2. The lowest BCUT2D eigenvalue weighted by Crippen LogP contribution is -2.25. The van der Waals surface area contributed by atoms with Gasteiger partial charge in [0.1, 0.15) is 0 Å². The summed E-state index contributed by atoms with van der Waals surface area (Å²) in [6.07, 6.45) is 5.83. The molecule has 2 heterocycles. The molecule has 1 aliphatic rings. The zero-order chi connectivity index (χ0) is 11.2. The maximum Gasteiger partial charge on any atom is 0.156 e. The second-order valence-corrected chi connectivity index (χ2v) is 4.86. The van der Waals surface area contributed by atoms with Crippen molar-refractivity contribution in [1.29, 1.82) is 0 Å². The minimum atomic E-state index is 0.615. The van der Waals surface area contributed by atoms with Crippen LogP contribution in [0.1, 0.15) is 18.9 Å². The number of hydrogen-bond donors (Lipinski definition) is 1. The summed E-state index contributed by atoms with van der Waals surface area (Å²) in [7, 11) is 0. The van der Waals surface area contributed by atoms with Gasteiger partial charge in [0.25, 0.3) is 0 Å². The first-order valence-electron chi connectivity index (χ1n) is 5.71. The average Bonchev–Trinajstić information content (AvgIpc) is 2.78. The van der Waals surface area contributed by atoms with E-state index in [2.05, 4.69) is 22.2 Å². The molecule has 0 aliphatic carbocycles. The Kier molecular flexibility index (Phi) is 4.22. The Morgan fingerprint density at radius 1 is 1.50 bits per heavy atom. The molecule has 1 aliphatic heterocycles. The van der Waals surface area contributed by atoms with Gasteiger partial charge >= 0.3 is 0 Å². The van der Waals surface area contributed by atoms with Crippen molar-refractivity contribution in [2.45, 2.75) is 25.8 Å². The fourth-order valence-corrected chi connectivity index (χ4v) is 2.70. The minimum Gasteiger partial charge on any atom is -0.361 e. The van der Waals surface area contributed by atoms with Crippen LogP contribution in [-0.4, -0.2) is 28.5 Å². The summed E-state index contributed by atoms with van der Waals surface area (Å²) < 4.78 is 0. The molecule has 2 rings (SSSR count). The normalized spacial score (nSPS) is 22.3. The van der Waals surface area contributed by atoms with Crippen molar-refractivity contribution in [2.24, 2.45) is 4.99 Å². The van der Waals surface area contributed by atoms with E-state index < -0.39 is 0 Å². The van der Waals surface area contributed by atoms with Crippen LogP contribution in [-0.2, 0) is 6.42 Å². The molecule has 1 aromatic rings. The summed E-state index contributed by atoms with van der Waals surface area (Å²) in [4.78, 5) is 8.56. The van der Waals surface area contributed by atoms with Gasteiger partial charge in [0.15, 0.2) is 5.17 Å². The van der Waals surface area contributed by atoms with Crippen LogP contribution in [0.25, 0.3) is 0 Å². The zero-order valence-corrected chi connectivity index (χ0v) is 10.3. The van der Waals surface area contributed by atoms with E-state index in [4.69, 9.17) is 0 Å². The fraction of sp³-hybridized carbons (Fsp3) is 0.500. The van der Waals surface area contributed by atoms with Gasteiger partial charge in [-0.15, -0.1) is 0 Å². The molecule has 0 aromatic carbocycles. The first kappa shape index (κ1) is 11.5. The summed E-state index contributed by atoms with van der Waals surface area (Å²) in [6.45, 7) is 3.06. The molecule has 1 N–H and O–H groups in total. The third-order valence-electron chi connectivity index (χ3n) is 2.65. The van der Waals surface area contributed by atoms with E-state index in [1.165, 1.54) is 12.0 Å². The average molecular weight is 235 g/mol. The van der Waals surface area contributed by atoms with Gasteiger partial charge in [-0.05, 0) is 30.5 Å². The molecule has 1 saturated heterocycles. The molecular weight excluding hydrogens is 218 g/mol. The number of rotatable bonds is 4. The third-order valence-corrected chi connectivity index (χ3v) is 3.74. The molecule has 1 aromatic heterocycles. The van der Waals surface area contributed by atoms with E-state index in [0.717, 1.165) is 23.9 Å². The molecule has 1 atom stereocenters. The van der Waals surface area contributed by atoms with E-state index in [9.17, 15) is 0 Å². The molecule has 16 heavy (non-hydrogen) atoms. The smallest absolute Gasteiger partial charge is 0.156 e. The first-order valence-corrected chi connectivity index (χ1v) is 6.69. The highest BCUT2D eigenvalue weighted by Gasteiger charge is 2.17. The van der Waals surface area contributed by atoms with Crippen molar-refractivity contribution in [3.63, 3.8) is 0 Å². The van der Waals surface area contributed by atoms with Crippen molar-refractivity contribution in [3.05, 3.63) is 30.1 Å². The summed E-state index contributed by atoms with van der Waals surface area (Å²) in [5, 5.41) is 4.54. The second-order valence-electron chi connectivity index (χ2n) is 3.85. The number of pyridine rings is 1. The lowest BCUT2D eigenvalue weighted by Gasteiger charge is -2.04. The first-order chi connectivity index (χ1) is 7.88. The Morgan fingerprint density at radius 3 is 3.00 bits per heavy atom. The zero-order valence-electron chi connectivity index (χ0n) is 9.52. The van der Waals surface area contributed by atoms with Crippen LogP contribution >= 0.6 is 11.8 Å². The van der Waals surface area contributed by atoms with Crippen LogP contribution in [0.2, 0.25) is 0 Å². The molecule has 1 unspecified atom stereocenters. The van der Waals surface area contributed by atoms with Crippen LogP contribution in [0.4, 0.5) is 0 Å². The molecule has 0 spiro atoms. The van der Waals surface area contributed by atoms with Gasteiger partial charge in [-0.1, -0.05) is 18.7 Å². The summed E-state index contributed by atoms with van der Waals surface area (Å²) in [5.41, 5.74) is 1.30. The quantitative estimate of drug-likeness (QED) is 0.868. The van der Waals surface area contributed by atoms with E-state index in [0.29, 0.717) is 6.04 Å². The maximum atomic E-state index is 4.56. The van der Waals surface area contributed by atoms with Crippen molar-refractivity contribution in [2.75, 3.05) is 12.3 Å². The van der Waals surface area contributed by atoms with Crippen LogP contribution in [0.15, 0.2) is 29.5 Å². The van der Waals surface area contributed by atoms with Gasteiger partial charge in [0.2, 0.25) is 0 Å². The third kappa shape index (κ3) is 3.23. The minimum absolute atomic E-state index is 0.615. The number of aromatic nitrogens is 1. The van der Waals surface area contributed by atoms with Crippen LogP contribution in [0, 0.1) is 0 Å². The van der Waals surface area contributed by atoms with E-state index in [1.807, 2.05) is 36.3 Å². The monoisotopic (exact) mass is 235 g/mol. The SMILES string of the molecule is CCC1CSC(=NCCc2ccncc2)N1.